The van der Waals surface area contributed by atoms with E-state index in [0.29, 0.717) is 5.56 Å². The highest BCUT2D eigenvalue weighted by atomic mass is 16.2. The molecule has 5 nitrogen and oxygen atoms in total. The fourth-order valence-corrected chi connectivity index (χ4v) is 3.10. The van der Waals surface area contributed by atoms with Crippen LogP contribution in [-0.4, -0.2) is 29.0 Å². The fraction of sp³-hybridized carbons (Fsp3) is 0.368. The zero-order valence-electron chi connectivity index (χ0n) is 13.7. The van der Waals surface area contributed by atoms with Crippen LogP contribution in [0.25, 0.3) is 5.69 Å². The molecule has 1 aliphatic rings. The van der Waals surface area contributed by atoms with Crippen molar-refractivity contribution in [3.8, 4) is 5.69 Å². The average molecular weight is 325 g/mol. The number of carbonyl (C=O) groups excluding carboxylic acids is 2. The van der Waals surface area contributed by atoms with Gasteiger partial charge in [0.05, 0.1) is 6.54 Å². The standard InChI is InChI=1S/C19H23N3O2/c23-18(21-16-8-2-1-3-9-16)14-20-19(24)15-7-6-10-17(13-15)22-11-4-5-12-22/h4-7,10-13,16H,1-3,8-9,14H2,(H,20,24)(H,21,23). The van der Waals surface area contributed by atoms with Crippen LogP contribution in [0.4, 0.5) is 0 Å². The number of aromatic nitrogens is 1. The third-order valence-corrected chi connectivity index (χ3v) is 4.39. The number of benzene rings is 1. The van der Waals surface area contributed by atoms with Crippen molar-refractivity contribution >= 4 is 11.8 Å². The van der Waals surface area contributed by atoms with Crippen molar-refractivity contribution in [1.29, 1.82) is 0 Å². The van der Waals surface area contributed by atoms with Crippen LogP contribution in [0.15, 0.2) is 48.8 Å². The molecule has 2 aromatic rings. The predicted molar refractivity (Wildman–Crippen MR) is 93.1 cm³/mol. The Labute approximate surface area is 142 Å². The highest BCUT2D eigenvalue weighted by Crippen LogP contribution is 2.17. The number of hydrogen-bond donors (Lipinski definition) is 2. The van der Waals surface area contributed by atoms with Crippen molar-refractivity contribution in [2.45, 2.75) is 38.1 Å². The maximum atomic E-state index is 12.3. The van der Waals surface area contributed by atoms with Crippen LogP contribution >= 0.6 is 0 Å². The van der Waals surface area contributed by atoms with E-state index in [1.54, 1.807) is 6.07 Å². The second-order valence-electron chi connectivity index (χ2n) is 6.23. The summed E-state index contributed by atoms with van der Waals surface area (Å²) in [4.78, 5) is 24.2. The van der Waals surface area contributed by atoms with E-state index < -0.39 is 0 Å². The summed E-state index contributed by atoms with van der Waals surface area (Å²) < 4.78 is 1.94. The summed E-state index contributed by atoms with van der Waals surface area (Å²) in [6.07, 6.45) is 9.52. The lowest BCUT2D eigenvalue weighted by Crippen LogP contribution is -2.42. The van der Waals surface area contributed by atoms with Crippen molar-refractivity contribution in [3.63, 3.8) is 0 Å². The Balaban J connectivity index is 1.53. The molecule has 0 bridgehead atoms. The normalized spacial score (nSPS) is 15.0. The van der Waals surface area contributed by atoms with Gasteiger partial charge in [0, 0.05) is 29.7 Å². The van der Waals surface area contributed by atoms with E-state index in [1.165, 1.54) is 19.3 Å². The van der Waals surface area contributed by atoms with Crippen molar-refractivity contribution in [1.82, 2.24) is 15.2 Å². The van der Waals surface area contributed by atoms with Gasteiger partial charge in [0.1, 0.15) is 0 Å². The second-order valence-corrected chi connectivity index (χ2v) is 6.23. The molecule has 5 heteroatoms. The molecular formula is C19H23N3O2. The van der Waals surface area contributed by atoms with Crippen LogP contribution in [0.1, 0.15) is 42.5 Å². The van der Waals surface area contributed by atoms with Gasteiger partial charge in [0.15, 0.2) is 0 Å². The number of rotatable bonds is 5. The monoisotopic (exact) mass is 325 g/mol. The van der Waals surface area contributed by atoms with E-state index in [0.717, 1.165) is 18.5 Å². The zero-order valence-corrected chi connectivity index (χ0v) is 13.7. The Bertz CT molecular complexity index is 688. The summed E-state index contributed by atoms with van der Waals surface area (Å²) in [7, 11) is 0. The SMILES string of the molecule is O=C(CNC(=O)c1cccc(-n2cccc2)c1)NC1CCCCC1. The largest absolute Gasteiger partial charge is 0.352 e. The molecule has 1 heterocycles. The molecule has 3 rings (SSSR count). The first kappa shape index (κ1) is 16.3. The molecular weight excluding hydrogens is 302 g/mol. The Morgan fingerprint density at radius 2 is 1.79 bits per heavy atom. The van der Waals surface area contributed by atoms with E-state index in [1.807, 2.05) is 47.3 Å². The summed E-state index contributed by atoms with van der Waals surface area (Å²) in [6.45, 7) is 0.0169. The number of amides is 2. The average Bonchev–Trinajstić information content (AvgIpc) is 3.15. The second kappa shape index (κ2) is 7.81. The third kappa shape index (κ3) is 4.25. The molecule has 1 saturated carbocycles. The minimum absolute atomic E-state index is 0.0169. The smallest absolute Gasteiger partial charge is 0.251 e. The van der Waals surface area contributed by atoms with Gasteiger partial charge in [-0.25, -0.2) is 0 Å². The van der Waals surface area contributed by atoms with Crippen LogP contribution in [0, 0.1) is 0 Å². The van der Waals surface area contributed by atoms with Crippen molar-refractivity contribution in [2.75, 3.05) is 6.54 Å². The highest BCUT2D eigenvalue weighted by Gasteiger charge is 2.16. The van der Waals surface area contributed by atoms with Gasteiger partial charge < -0.3 is 15.2 Å². The maximum Gasteiger partial charge on any atom is 0.251 e. The van der Waals surface area contributed by atoms with Gasteiger partial charge in [-0.1, -0.05) is 25.3 Å². The summed E-state index contributed by atoms with van der Waals surface area (Å²) in [6, 6.07) is 11.5. The van der Waals surface area contributed by atoms with Gasteiger partial charge in [0.25, 0.3) is 5.91 Å². The Hall–Kier alpha value is -2.56. The first-order chi connectivity index (χ1) is 11.7. The quantitative estimate of drug-likeness (QED) is 0.888. The van der Waals surface area contributed by atoms with E-state index >= 15 is 0 Å². The predicted octanol–water partition coefficient (Wildman–Crippen LogP) is 2.66. The summed E-state index contributed by atoms with van der Waals surface area (Å²) >= 11 is 0. The van der Waals surface area contributed by atoms with E-state index in [-0.39, 0.29) is 24.4 Å². The van der Waals surface area contributed by atoms with Crippen LogP contribution in [-0.2, 0) is 4.79 Å². The fourth-order valence-electron chi connectivity index (χ4n) is 3.10. The first-order valence-corrected chi connectivity index (χ1v) is 8.53. The zero-order chi connectivity index (χ0) is 16.8. The minimum Gasteiger partial charge on any atom is -0.352 e. The van der Waals surface area contributed by atoms with E-state index in [4.69, 9.17) is 0 Å². The number of nitrogens with one attached hydrogen (secondary N) is 2. The van der Waals surface area contributed by atoms with Crippen LogP contribution in [0.3, 0.4) is 0 Å². The molecule has 2 N–H and O–H groups in total. The first-order valence-electron chi connectivity index (χ1n) is 8.53. The molecule has 126 valence electrons. The highest BCUT2D eigenvalue weighted by molar-refractivity contribution is 5.96. The lowest BCUT2D eigenvalue weighted by Gasteiger charge is -2.22. The number of nitrogens with zero attached hydrogens (tertiary/aromatic N) is 1. The summed E-state index contributed by atoms with van der Waals surface area (Å²) in [5.74, 6) is -0.348. The van der Waals surface area contributed by atoms with E-state index in [2.05, 4.69) is 10.6 Å². The maximum absolute atomic E-state index is 12.3. The van der Waals surface area contributed by atoms with E-state index in [9.17, 15) is 9.59 Å². The molecule has 24 heavy (non-hydrogen) atoms. The molecule has 0 atom stereocenters. The lowest BCUT2D eigenvalue weighted by atomic mass is 9.95. The van der Waals surface area contributed by atoms with Gasteiger partial charge >= 0.3 is 0 Å². The topological polar surface area (TPSA) is 63.1 Å². The molecule has 1 aromatic carbocycles. The Morgan fingerprint density at radius 3 is 2.54 bits per heavy atom. The molecule has 0 saturated heterocycles. The Morgan fingerprint density at radius 1 is 1.04 bits per heavy atom. The van der Waals surface area contributed by atoms with Gasteiger partial charge in [-0.05, 0) is 43.2 Å². The molecule has 0 spiro atoms. The van der Waals surface area contributed by atoms with Crippen LogP contribution in [0.2, 0.25) is 0 Å². The molecule has 1 fully saturated rings. The van der Waals surface area contributed by atoms with Crippen LogP contribution < -0.4 is 10.6 Å². The van der Waals surface area contributed by atoms with Gasteiger partial charge in [0.2, 0.25) is 5.91 Å². The van der Waals surface area contributed by atoms with Gasteiger partial charge in [-0.15, -0.1) is 0 Å². The summed E-state index contributed by atoms with van der Waals surface area (Å²) in [5.41, 5.74) is 1.46. The van der Waals surface area contributed by atoms with Gasteiger partial charge in [-0.3, -0.25) is 9.59 Å². The Kier molecular flexibility index (Phi) is 5.31. The van der Waals surface area contributed by atoms with Crippen molar-refractivity contribution in [3.05, 3.63) is 54.4 Å². The van der Waals surface area contributed by atoms with Crippen LogP contribution in [0.5, 0.6) is 0 Å². The number of hydrogen-bond acceptors (Lipinski definition) is 2. The van der Waals surface area contributed by atoms with Gasteiger partial charge in [-0.2, -0.15) is 0 Å². The van der Waals surface area contributed by atoms with Crippen molar-refractivity contribution in [2.24, 2.45) is 0 Å². The minimum atomic E-state index is -0.234. The summed E-state index contributed by atoms with van der Waals surface area (Å²) in [5, 5.41) is 5.70. The molecule has 1 aromatic heterocycles. The lowest BCUT2D eigenvalue weighted by molar-refractivity contribution is -0.121. The third-order valence-electron chi connectivity index (χ3n) is 4.39. The van der Waals surface area contributed by atoms with Crippen molar-refractivity contribution < 1.29 is 9.59 Å². The molecule has 0 radical (unpaired) electrons. The molecule has 0 aliphatic heterocycles. The molecule has 0 unspecified atom stereocenters. The number of carbonyl (C=O) groups is 2. The molecule has 1 aliphatic carbocycles. The molecule has 2 amide bonds.